The van der Waals surface area contributed by atoms with Crippen molar-refractivity contribution in [1.82, 2.24) is 19.4 Å². The summed E-state index contributed by atoms with van der Waals surface area (Å²) >= 11 is 0. The van der Waals surface area contributed by atoms with Crippen molar-refractivity contribution in [2.45, 2.75) is 58.4 Å². The van der Waals surface area contributed by atoms with Crippen LogP contribution in [0.25, 0.3) is 11.2 Å². The first-order chi connectivity index (χ1) is 11.4. The first kappa shape index (κ1) is 16.7. The fourth-order valence-electron chi connectivity index (χ4n) is 3.12. The first-order valence-electron chi connectivity index (χ1n) is 8.29. The molecule has 3 heterocycles. The Morgan fingerprint density at radius 3 is 2.96 bits per heavy atom. The molecule has 0 saturated carbocycles. The van der Waals surface area contributed by atoms with Gasteiger partial charge < -0.3 is 19.3 Å². The van der Waals surface area contributed by atoms with Gasteiger partial charge in [0.1, 0.15) is 23.5 Å². The number of pyridine rings is 1. The molecule has 1 atom stereocenters. The number of aliphatic hydroxyl groups is 1. The number of carbonyl (C=O) groups excluding carboxylic acids is 1. The lowest BCUT2D eigenvalue weighted by Gasteiger charge is -2.29. The van der Waals surface area contributed by atoms with E-state index >= 15 is 0 Å². The van der Waals surface area contributed by atoms with Crippen LogP contribution in [0.2, 0.25) is 0 Å². The number of fused-ring (bicyclic) bond motifs is 1. The van der Waals surface area contributed by atoms with Gasteiger partial charge in [-0.25, -0.2) is 14.8 Å². The fraction of sp³-hybridized carbons (Fsp3) is 0.588. The second-order valence-corrected chi connectivity index (χ2v) is 7.11. The quantitative estimate of drug-likeness (QED) is 0.933. The van der Waals surface area contributed by atoms with Crippen molar-refractivity contribution in [3.63, 3.8) is 0 Å². The predicted octanol–water partition coefficient (Wildman–Crippen LogP) is 2.32. The van der Waals surface area contributed by atoms with Gasteiger partial charge >= 0.3 is 6.09 Å². The molecule has 1 N–H and O–H groups in total. The van der Waals surface area contributed by atoms with E-state index < -0.39 is 5.60 Å². The Morgan fingerprint density at radius 2 is 2.25 bits per heavy atom. The molecule has 1 unspecified atom stereocenters. The van der Waals surface area contributed by atoms with Crippen molar-refractivity contribution in [2.24, 2.45) is 0 Å². The third-order valence-corrected chi connectivity index (χ3v) is 4.12. The Morgan fingerprint density at radius 1 is 1.46 bits per heavy atom. The van der Waals surface area contributed by atoms with Crippen molar-refractivity contribution in [1.29, 1.82) is 0 Å². The van der Waals surface area contributed by atoms with Gasteiger partial charge in [0.25, 0.3) is 0 Å². The van der Waals surface area contributed by atoms with E-state index in [2.05, 4.69) is 9.97 Å². The van der Waals surface area contributed by atoms with Gasteiger partial charge in [-0.3, -0.25) is 0 Å². The zero-order chi connectivity index (χ0) is 17.3. The molecule has 2 aromatic rings. The summed E-state index contributed by atoms with van der Waals surface area (Å²) in [5.41, 5.74) is 0.977. The second-order valence-electron chi connectivity index (χ2n) is 7.11. The van der Waals surface area contributed by atoms with Crippen LogP contribution < -0.4 is 0 Å². The van der Waals surface area contributed by atoms with Crippen LogP contribution in [0.5, 0.6) is 0 Å². The minimum absolute atomic E-state index is 0.0181. The maximum absolute atomic E-state index is 12.4. The summed E-state index contributed by atoms with van der Waals surface area (Å²) in [7, 11) is 0. The van der Waals surface area contributed by atoms with Crippen molar-refractivity contribution in [2.75, 3.05) is 6.54 Å². The number of likely N-dealkylation sites (tertiary alicyclic amines) is 1. The van der Waals surface area contributed by atoms with Crippen LogP contribution in [0, 0.1) is 0 Å². The van der Waals surface area contributed by atoms with Crippen LogP contribution in [-0.4, -0.2) is 48.8 Å². The third kappa shape index (κ3) is 3.36. The number of hydrogen-bond acceptors (Lipinski definition) is 5. The Bertz CT molecular complexity index is 735. The molecule has 7 heteroatoms. The molecular formula is C17H24N4O3. The summed E-state index contributed by atoms with van der Waals surface area (Å²) < 4.78 is 7.42. The minimum atomic E-state index is -0.510. The van der Waals surface area contributed by atoms with Crippen LogP contribution in [0.3, 0.4) is 0 Å². The summed E-state index contributed by atoms with van der Waals surface area (Å²) in [6, 6.07) is 3.71. The van der Waals surface area contributed by atoms with Gasteiger partial charge in [-0.05, 0) is 45.7 Å². The number of imidazole rings is 1. The Labute approximate surface area is 141 Å². The van der Waals surface area contributed by atoms with Crippen molar-refractivity contribution >= 4 is 17.3 Å². The fourth-order valence-corrected chi connectivity index (χ4v) is 3.12. The molecule has 130 valence electrons. The van der Waals surface area contributed by atoms with Gasteiger partial charge in [0.05, 0.1) is 6.04 Å². The molecule has 1 amide bonds. The van der Waals surface area contributed by atoms with Gasteiger partial charge in [0.15, 0.2) is 5.65 Å². The number of aliphatic hydroxyl groups excluding tert-OH is 1. The van der Waals surface area contributed by atoms with Crippen molar-refractivity contribution < 1.29 is 14.6 Å². The molecule has 0 aromatic carbocycles. The van der Waals surface area contributed by atoms with E-state index in [4.69, 9.17) is 4.74 Å². The van der Waals surface area contributed by atoms with Crippen LogP contribution in [0.15, 0.2) is 18.3 Å². The molecule has 1 aliphatic rings. The molecule has 0 spiro atoms. The molecule has 3 rings (SSSR count). The molecule has 24 heavy (non-hydrogen) atoms. The average Bonchev–Trinajstić information content (AvgIpc) is 3.11. The molecule has 0 radical (unpaired) electrons. The maximum atomic E-state index is 12.4. The SMILES string of the molecule is CC(C)(C)OC(=O)N1CCCC1Cn1c(CO)nc2cccnc21. The van der Waals surface area contributed by atoms with Gasteiger partial charge in [0, 0.05) is 19.3 Å². The number of ether oxygens (including phenoxy) is 1. The Balaban J connectivity index is 1.84. The van der Waals surface area contributed by atoms with Crippen LogP contribution in [0.4, 0.5) is 4.79 Å². The maximum Gasteiger partial charge on any atom is 0.410 e. The molecule has 0 aliphatic carbocycles. The predicted molar refractivity (Wildman–Crippen MR) is 89.4 cm³/mol. The summed E-state index contributed by atoms with van der Waals surface area (Å²) in [5, 5.41) is 9.60. The number of hydrogen-bond donors (Lipinski definition) is 1. The normalized spacial score (nSPS) is 18.3. The van der Waals surface area contributed by atoms with E-state index in [1.807, 2.05) is 37.5 Å². The standard InChI is InChI=1S/C17H24N4O3/c1-17(2,3)24-16(23)20-9-5-6-12(20)10-21-14(11-22)19-13-7-4-8-18-15(13)21/h4,7-8,12,22H,5-6,9-11H2,1-3H3. The number of amides is 1. The molecule has 1 aliphatic heterocycles. The number of rotatable bonds is 3. The van der Waals surface area contributed by atoms with Gasteiger partial charge in [0.2, 0.25) is 0 Å². The summed E-state index contributed by atoms with van der Waals surface area (Å²) in [5.74, 6) is 0.569. The molecule has 7 nitrogen and oxygen atoms in total. The van der Waals surface area contributed by atoms with E-state index in [0.717, 1.165) is 24.0 Å². The minimum Gasteiger partial charge on any atom is -0.444 e. The Hall–Kier alpha value is -2.15. The van der Waals surface area contributed by atoms with Gasteiger partial charge in [-0.1, -0.05) is 0 Å². The zero-order valence-corrected chi connectivity index (χ0v) is 14.4. The zero-order valence-electron chi connectivity index (χ0n) is 14.4. The highest BCUT2D eigenvalue weighted by atomic mass is 16.6. The smallest absolute Gasteiger partial charge is 0.410 e. The summed E-state index contributed by atoms with van der Waals surface area (Å²) in [4.78, 5) is 23.0. The number of aromatic nitrogens is 3. The Kier molecular flexibility index (Phi) is 4.45. The first-order valence-corrected chi connectivity index (χ1v) is 8.29. The topological polar surface area (TPSA) is 80.5 Å². The average molecular weight is 332 g/mol. The lowest BCUT2D eigenvalue weighted by Crippen LogP contribution is -2.41. The second kappa shape index (κ2) is 6.39. The van der Waals surface area contributed by atoms with E-state index in [-0.39, 0.29) is 18.7 Å². The third-order valence-electron chi connectivity index (χ3n) is 4.12. The largest absolute Gasteiger partial charge is 0.444 e. The number of nitrogens with zero attached hydrogens (tertiary/aromatic N) is 4. The highest BCUT2D eigenvalue weighted by Crippen LogP contribution is 2.24. The monoisotopic (exact) mass is 332 g/mol. The van der Waals surface area contributed by atoms with Gasteiger partial charge in [-0.2, -0.15) is 0 Å². The van der Waals surface area contributed by atoms with E-state index in [1.54, 1.807) is 11.1 Å². The summed E-state index contributed by atoms with van der Waals surface area (Å²) in [6.45, 7) is 6.69. The van der Waals surface area contributed by atoms with Crippen LogP contribution >= 0.6 is 0 Å². The lowest BCUT2D eigenvalue weighted by atomic mass is 10.2. The molecular weight excluding hydrogens is 308 g/mol. The van der Waals surface area contributed by atoms with E-state index in [9.17, 15) is 9.90 Å². The van der Waals surface area contributed by atoms with E-state index in [0.29, 0.717) is 18.9 Å². The van der Waals surface area contributed by atoms with Crippen LogP contribution in [0.1, 0.15) is 39.4 Å². The highest BCUT2D eigenvalue weighted by Gasteiger charge is 2.33. The molecule has 1 saturated heterocycles. The van der Waals surface area contributed by atoms with Crippen molar-refractivity contribution in [3.8, 4) is 0 Å². The van der Waals surface area contributed by atoms with Gasteiger partial charge in [-0.15, -0.1) is 0 Å². The highest BCUT2D eigenvalue weighted by molar-refractivity contribution is 5.71. The molecule has 2 aromatic heterocycles. The lowest BCUT2D eigenvalue weighted by molar-refractivity contribution is 0.0213. The molecule has 0 bridgehead atoms. The number of carbonyl (C=O) groups is 1. The summed E-state index contributed by atoms with van der Waals surface area (Å²) in [6.07, 6.45) is 3.27. The van der Waals surface area contributed by atoms with Crippen molar-refractivity contribution in [3.05, 3.63) is 24.2 Å². The van der Waals surface area contributed by atoms with Crippen LogP contribution in [-0.2, 0) is 17.9 Å². The van der Waals surface area contributed by atoms with E-state index in [1.165, 1.54) is 0 Å². The molecule has 1 fully saturated rings.